The third kappa shape index (κ3) is 3.28. The summed E-state index contributed by atoms with van der Waals surface area (Å²) in [6, 6.07) is 6.90. The number of piperazine rings is 1. The molecule has 2 aromatic rings. The van der Waals surface area contributed by atoms with E-state index in [1.165, 1.54) is 6.07 Å². The zero-order valence-electron chi connectivity index (χ0n) is 11.2. The van der Waals surface area contributed by atoms with E-state index in [1.54, 1.807) is 11.0 Å². The van der Waals surface area contributed by atoms with E-state index in [2.05, 4.69) is 26.2 Å². The molecule has 1 saturated heterocycles. The first-order valence-corrected chi connectivity index (χ1v) is 7.27. The van der Waals surface area contributed by atoms with Crippen LogP contribution in [-0.2, 0) is 0 Å². The number of nitrogens with one attached hydrogen (secondary N) is 2. The van der Waals surface area contributed by atoms with Crippen molar-refractivity contribution in [3.05, 3.63) is 44.7 Å². The van der Waals surface area contributed by atoms with Crippen LogP contribution in [0, 0.1) is 0 Å². The van der Waals surface area contributed by atoms with Crippen molar-refractivity contribution < 1.29 is 4.79 Å². The van der Waals surface area contributed by atoms with Crippen LogP contribution in [0.25, 0.3) is 10.9 Å². The molecule has 2 heterocycles. The molecule has 0 unspecified atom stereocenters. The highest BCUT2D eigenvalue weighted by Gasteiger charge is 2.20. The van der Waals surface area contributed by atoms with Gasteiger partial charge in [0.15, 0.2) is 0 Å². The first kappa shape index (κ1) is 16.0. The number of hydrogen-bond acceptors (Lipinski definition) is 3. The lowest BCUT2D eigenvalue weighted by Gasteiger charge is -2.27. The van der Waals surface area contributed by atoms with Crippen LogP contribution in [0.5, 0.6) is 0 Å². The number of pyridine rings is 1. The van der Waals surface area contributed by atoms with Crippen molar-refractivity contribution in [1.29, 1.82) is 0 Å². The fourth-order valence-electron chi connectivity index (χ4n) is 2.44. The van der Waals surface area contributed by atoms with Gasteiger partial charge in [0.25, 0.3) is 5.91 Å². The molecule has 112 valence electrons. The van der Waals surface area contributed by atoms with Crippen molar-refractivity contribution in [2.45, 2.75) is 0 Å². The Bertz CT molecular complexity index is 726. The maximum Gasteiger partial charge on any atom is 0.254 e. The number of H-pyrrole nitrogens is 1. The number of aromatic amines is 1. The number of halogens is 2. The molecule has 21 heavy (non-hydrogen) atoms. The van der Waals surface area contributed by atoms with Gasteiger partial charge in [-0.05, 0) is 18.2 Å². The largest absolute Gasteiger partial charge is 0.336 e. The molecule has 0 aliphatic carbocycles. The van der Waals surface area contributed by atoms with Gasteiger partial charge in [-0.1, -0.05) is 15.9 Å². The summed E-state index contributed by atoms with van der Waals surface area (Å²) >= 11 is 3.40. The Morgan fingerprint density at radius 2 is 1.90 bits per heavy atom. The van der Waals surface area contributed by atoms with Gasteiger partial charge >= 0.3 is 0 Å². The minimum Gasteiger partial charge on any atom is -0.336 e. The lowest BCUT2D eigenvalue weighted by molar-refractivity contribution is 0.0737. The SMILES string of the molecule is Cl.O=C(c1cc(=O)[nH]c2ccc(Br)cc12)N1CCNCC1. The van der Waals surface area contributed by atoms with Gasteiger partial charge in [0.05, 0.1) is 5.56 Å². The Morgan fingerprint density at radius 1 is 1.19 bits per heavy atom. The maximum atomic E-state index is 12.6. The molecular formula is C14H15BrClN3O2. The summed E-state index contributed by atoms with van der Waals surface area (Å²) in [5.41, 5.74) is 0.893. The van der Waals surface area contributed by atoms with Crippen LogP contribution < -0.4 is 10.9 Å². The van der Waals surface area contributed by atoms with Crippen molar-refractivity contribution in [3.63, 3.8) is 0 Å². The highest BCUT2D eigenvalue weighted by molar-refractivity contribution is 9.10. The second-order valence-corrected chi connectivity index (χ2v) is 5.70. The lowest BCUT2D eigenvalue weighted by atomic mass is 10.1. The third-order valence-corrected chi connectivity index (χ3v) is 3.93. The molecule has 0 bridgehead atoms. The van der Waals surface area contributed by atoms with Crippen molar-refractivity contribution in [2.24, 2.45) is 0 Å². The third-order valence-electron chi connectivity index (χ3n) is 3.44. The van der Waals surface area contributed by atoms with Gasteiger partial charge < -0.3 is 15.2 Å². The zero-order chi connectivity index (χ0) is 14.1. The monoisotopic (exact) mass is 371 g/mol. The fraction of sp³-hybridized carbons (Fsp3) is 0.286. The summed E-state index contributed by atoms with van der Waals surface area (Å²) < 4.78 is 0.881. The van der Waals surface area contributed by atoms with Gasteiger partial charge in [0.1, 0.15) is 0 Å². The zero-order valence-corrected chi connectivity index (χ0v) is 13.6. The average Bonchev–Trinajstić information content (AvgIpc) is 2.47. The Balaban J connectivity index is 0.00000161. The minimum atomic E-state index is -0.252. The standard InChI is InChI=1S/C14H14BrN3O2.ClH/c15-9-1-2-12-10(7-9)11(8-13(19)17-12)14(20)18-5-3-16-4-6-18;/h1-2,7-8,16H,3-6H2,(H,17,19);1H. The number of nitrogens with zero attached hydrogens (tertiary/aromatic N) is 1. The Hall–Kier alpha value is -1.37. The Morgan fingerprint density at radius 3 is 2.62 bits per heavy atom. The molecule has 0 spiro atoms. The first-order chi connectivity index (χ1) is 9.65. The number of benzene rings is 1. The number of rotatable bonds is 1. The molecule has 1 aromatic carbocycles. The molecule has 3 rings (SSSR count). The molecule has 1 aliphatic rings. The highest BCUT2D eigenvalue weighted by atomic mass is 79.9. The van der Waals surface area contributed by atoms with Gasteiger partial charge in [-0.3, -0.25) is 9.59 Å². The summed E-state index contributed by atoms with van der Waals surface area (Å²) in [6.45, 7) is 2.91. The van der Waals surface area contributed by atoms with Crippen molar-refractivity contribution in [1.82, 2.24) is 15.2 Å². The molecule has 1 aliphatic heterocycles. The van der Waals surface area contributed by atoms with E-state index in [4.69, 9.17) is 0 Å². The van der Waals surface area contributed by atoms with Gasteiger partial charge in [-0.15, -0.1) is 12.4 Å². The molecule has 1 fully saturated rings. The summed E-state index contributed by atoms with van der Waals surface area (Å²) in [5, 5.41) is 3.98. The molecule has 0 radical (unpaired) electrons. The van der Waals surface area contributed by atoms with E-state index in [0.29, 0.717) is 24.2 Å². The van der Waals surface area contributed by atoms with Crippen LogP contribution in [0.15, 0.2) is 33.5 Å². The highest BCUT2D eigenvalue weighted by Crippen LogP contribution is 2.21. The number of amides is 1. The fourth-order valence-corrected chi connectivity index (χ4v) is 2.80. The predicted octanol–water partition coefficient (Wildman–Crippen LogP) is 1.76. The smallest absolute Gasteiger partial charge is 0.254 e. The summed E-state index contributed by atoms with van der Waals surface area (Å²) in [7, 11) is 0. The Labute approximate surface area is 136 Å². The van der Waals surface area contributed by atoms with E-state index >= 15 is 0 Å². The second kappa shape index (κ2) is 6.60. The number of hydrogen-bond donors (Lipinski definition) is 2. The van der Waals surface area contributed by atoms with Gasteiger partial charge in [0, 0.05) is 47.6 Å². The number of carbonyl (C=O) groups is 1. The van der Waals surface area contributed by atoms with Crippen molar-refractivity contribution in [3.8, 4) is 0 Å². The van der Waals surface area contributed by atoms with Crippen LogP contribution in [0.1, 0.15) is 10.4 Å². The van der Waals surface area contributed by atoms with E-state index in [9.17, 15) is 9.59 Å². The number of aromatic nitrogens is 1. The van der Waals surface area contributed by atoms with Crippen molar-refractivity contribution in [2.75, 3.05) is 26.2 Å². The first-order valence-electron chi connectivity index (χ1n) is 6.48. The van der Waals surface area contributed by atoms with Crippen LogP contribution in [0.4, 0.5) is 0 Å². The molecule has 7 heteroatoms. The molecule has 2 N–H and O–H groups in total. The van der Waals surface area contributed by atoms with Gasteiger partial charge in [0.2, 0.25) is 5.56 Å². The van der Waals surface area contributed by atoms with E-state index in [-0.39, 0.29) is 23.9 Å². The lowest BCUT2D eigenvalue weighted by Crippen LogP contribution is -2.46. The molecule has 0 saturated carbocycles. The quantitative estimate of drug-likeness (QED) is 0.802. The van der Waals surface area contributed by atoms with E-state index in [1.807, 2.05) is 12.1 Å². The van der Waals surface area contributed by atoms with E-state index < -0.39 is 0 Å². The van der Waals surface area contributed by atoms with E-state index in [0.717, 1.165) is 22.9 Å². The molecule has 1 aromatic heterocycles. The van der Waals surface area contributed by atoms with Gasteiger partial charge in [-0.25, -0.2) is 0 Å². The van der Waals surface area contributed by atoms with Crippen LogP contribution in [-0.4, -0.2) is 42.0 Å². The molecular weight excluding hydrogens is 358 g/mol. The predicted molar refractivity (Wildman–Crippen MR) is 88.3 cm³/mol. The van der Waals surface area contributed by atoms with Gasteiger partial charge in [-0.2, -0.15) is 0 Å². The van der Waals surface area contributed by atoms with Crippen molar-refractivity contribution >= 4 is 45.1 Å². The Kier molecular flexibility index (Phi) is 5.03. The number of fused-ring (bicyclic) bond motifs is 1. The van der Waals surface area contributed by atoms with Crippen LogP contribution >= 0.6 is 28.3 Å². The number of carbonyl (C=O) groups excluding carboxylic acids is 1. The second-order valence-electron chi connectivity index (χ2n) is 4.78. The molecule has 1 amide bonds. The maximum absolute atomic E-state index is 12.6. The summed E-state index contributed by atoms with van der Waals surface area (Å²) in [4.78, 5) is 28.9. The minimum absolute atomic E-state index is 0. The van der Waals surface area contributed by atoms with Crippen LogP contribution in [0.2, 0.25) is 0 Å². The normalized spacial score (nSPS) is 14.8. The molecule has 5 nitrogen and oxygen atoms in total. The summed E-state index contributed by atoms with van der Waals surface area (Å²) in [5.74, 6) is -0.0827. The van der Waals surface area contributed by atoms with Crippen LogP contribution in [0.3, 0.4) is 0 Å². The topological polar surface area (TPSA) is 65.2 Å². The average molecular weight is 373 g/mol. The summed E-state index contributed by atoms with van der Waals surface area (Å²) in [6.07, 6.45) is 0. The molecule has 0 atom stereocenters.